The number of aryl methyl sites for hydroxylation is 1. The van der Waals surface area contributed by atoms with Crippen molar-refractivity contribution in [3.8, 4) is 0 Å². The number of rotatable bonds is 8. The van der Waals surface area contributed by atoms with Crippen LogP contribution in [0.1, 0.15) is 89.0 Å². The van der Waals surface area contributed by atoms with Gasteiger partial charge in [0, 0.05) is 24.0 Å². The van der Waals surface area contributed by atoms with E-state index in [4.69, 9.17) is 0 Å². The fraction of sp³-hybridized carbons (Fsp3) is 0.704. The van der Waals surface area contributed by atoms with E-state index in [1.165, 1.54) is 24.1 Å². The minimum atomic E-state index is -0.894. The van der Waals surface area contributed by atoms with Crippen molar-refractivity contribution in [3.05, 3.63) is 22.7 Å². The maximum atomic E-state index is 13.8. The van der Waals surface area contributed by atoms with Gasteiger partial charge in [0.1, 0.15) is 11.2 Å². The minimum absolute atomic E-state index is 0.00394. The zero-order valence-corrected chi connectivity index (χ0v) is 22.9. The average Bonchev–Trinajstić information content (AvgIpc) is 3.42. The first-order valence-electron chi connectivity index (χ1n) is 13.4. The molecule has 190 valence electrons. The quantitative estimate of drug-likeness (QED) is 0.549. The van der Waals surface area contributed by atoms with E-state index in [1.54, 1.807) is 11.3 Å². The maximum absolute atomic E-state index is 13.8. The number of hydrogen-bond donors (Lipinski definition) is 1. The van der Waals surface area contributed by atoms with Crippen LogP contribution in [0.15, 0.2) is 12.1 Å². The second kappa shape index (κ2) is 11.7. The van der Waals surface area contributed by atoms with Crippen LogP contribution in [0.25, 0.3) is 10.2 Å². The first-order chi connectivity index (χ1) is 16.4. The van der Waals surface area contributed by atoms with Gasteiger partial charge < -0.3 is 19.7 Å². The predicted molar refractivity (Wildman–Crippen MR) is 143 cm³/mol. The highest BCUT2D eigenvalue weighted by Crippen LogP contribution is 2.36. The Balaban J connectivity index is 0.00000158. The van der Waals surface area contributed by atoms with E-state index in [1.807, 2.05) is 31.7 Å². The molecular formula is C27H44N4O2S. The van der Waals surface area contributed by atoms with E-state index in [9.17, 15) is 9.59 Å². The number of nitrogens with one attached hydrogen (secondary N) is 1. The summed E-state index contributed by atoms with van der Waals surface area (Å²) in [5, 5.41) is 3.33. The Morgan fingerprint density at radius 2 is 1.82 bits per heavy atom. The highest BCUT2D eigenvalue weighted by Gasteiger charge is 2.48. The van der Waals surface area contributed by atoms with E-state index in [-0.39, 0.29) is 17.9 Å². The van der Waals surface area contributed by atoms with Crippen molar-refractivity contribution in [3.63, 3.8) is 0 Å². The fourth-order valence-electron chi connectivity index (χ4n) is 5.28. The van der Waals surface area contributed by atoms with Crippen LogP contribution >= 0.6 is 11.3 Å². The van der Waals surface area contributed by atoms with Gasteiger partial charge in [-0.1, -0.05) is 53.9 Å². The van der Waals surface area contributed by atoms with Crippen LogP contribution in [0.4, 0.5) is 0 Å². The minimum Gasteiger partial charge on any atom is -0.351 e. The molecular weight excluding hydrogens is 444 g/mol. The molecule has 3 heterocycles. The van der Waals surface area contributed by atoms with Gasteiger partial charge in [0.15, 0.2) is 0 Å². The topological polar surface area (TPSA) is 57.6 Å². The molecule has 1 saturated carbocycles. The molecule has 34 heavy (non-hydrogen) atoms. The van der Waals surface area contributed by atoms with Crippen molar-refractivity contribution in [2.24, 2.45) is 0 Å². The number of nitrogens with zero attached hydrogens (tertiary/aromatic N) is 3. The van der Waals surface area contributed by atoms with Crippen LogP contribution in [0, 0.1) is 0 Å². The summed E-state index contributed by atoms with van der Waals surface area (Å²) in [7, 11) is 0. The Morgan fingerprint density at radius 1 is 1.15 bits per heavy atom. The number of carbonyl (C=O) groups is 2. The zero-order chi connectivity index (χ0) is 24.9. The predicted octanol–water partition coefficient (Wildman–Crippen LogP) is 5.30. The summed E-state index contributed by atoms with van der Waals surface area (Å²) in [5.41, 5.74) is 0.918. The molecule has 2 aromatic rings. The zero-order valence-electron chi connectivity index (χ0n) is 22.1. The number of aromatic nitrogens is 1. The van der Waals surface area contributed by atoms with E-state index in [0.717, 1.165) is 54.8 Å². The standard InChI is InChI=1S/C25H38N4O2S.C2H6/c1-5-19-15-20-22(32-19)16-21-23(30)29(14-13-27(6-2)7-3)25(4,17-28(20)21)24(31)26-18-11-9-8-10-12-18;1-2/h15-16,18H,5-14,17H2,1-4H3,(H,26,31);1-2H3. The summed E-state index contributed by atoms with van der Waals surface area (Å²) in [4.78, 5) is 33.0. The molecule has 0 aromatic carbocycles. The van der Waals surface area contributed by atoms with Gasteiger partial charge >= 0.3 is 0 Å². The second-order valence-corrected chi connectivity index (χ2v) is 10.7. The number of thiophene rings is 1. The molecule has 2 aromatic heterocycles. The van der Waals surface area contributed by atoms with Crippen LogP contribution in [0.3, 0.4) is 0 Å². The van der Waals surface area contributed by atoms with Gasteiger partial charge in [-0.2, -0.15) is 0 Å². The first kappa shape index (κ1) is 26.7. The summed E-state index contributed by atoms with van der Waals surface area (Å²) in [5.74, 6) is -0.0260. The molecule has 6 nitrogen and oxygen atoms in total. The summed E-state index contributed by atoms with van der Waals surface area (Å²) in [6.45, 7) is 16.1. The summed E-state index contributed by atoms with van der Waals surface area (Å²) in [6.07, 6.45) is 6.66. The molecule has 1 fully saturated rings. The fourth-order valence-corrected chi connectivity index (χ4v) is 6.32. The molecule has 1 unspecified atom stereocenters. The molecule has 0 spiro atoms. The molecule has 1 aliphatic heterocycles. The van der Waals surface area contributed by atoms with E-state index < -0.39 is 5.54 Å². The largest absolute Gasteiger partial charge is 0.351 e. The third-order valence-corrected chi connectivity index (χ3v) is 8.69. The van der Waals surface area contributed by atoms with Gasteiger partial charge in [-0.05, 0) is 51.4 Å². The molecule has 1 aliphatic carbocycles. The first-order valence-corrected chi connectivity index (χ1v) is 14.2. The number of likely N-dealkylation sites (N-methyl/N-ethyl adjacent to an activating group) is 1. The lowest BCUT2D eigenvalue weighted by molar-refractivity contribution is -0.133. The third-order valence-electron chi connectivity index (χ3n) is 7.48. The number of fused-ring (bicyclic) bond motifs is 3. The van der Waals surface area contributed by atoms with Crippen molar-refractivity contribution in [1.82, 2.24) is 19.7 Å². The van der Waals surface area contributed by atoms with Gasteiger partial charge in [-0.25, -0.2) is 0 Å². The monoisotopic (exact) mass is 488 g/mol. The van der Waals surface area contributed by atoms with Gasteiger partial charge in [-0.3, -0.25) is 9.59 Å². The van der Waals surface area contributed by atoms with Gasteiger partial charge in [0.2, 0.25) is 5.91 Å². The molecule has 1 N–H and O–H groups in total. The van der Waals surface area contributed by atoms with Crippen LogP contribution < -0.4 is 5.32 Å². The SMILES string of the molecule is CC.CCc1cc2c(cc3n2CC(C)(C(=O)NC2CCCCC2)N(CCN(CC)CC)C3=O)s1. The lowest BCUT2D eigenvalue weighted by Crippen LogP contribution is -2.65. The smallest absolute Gasteiger partial charge is 0.271 e. The van der Waals surface area contributed by atoms with Gasteiger partial charge in [0.05, 0.1) is 16.8 Å². The highest BCUT2D eigenvalue weighted by atomic mass is 32.1. The van der Waals surface area contributed by atoms with Crippen LogP contribution in [-0.2, 0) is 17.8 Å². The highest BCUT2D eigenvalue weighted by molar-refractivity contribution is 7.19. The molecule has 0 saturated heterocycles. The molecule has 0 radical (unpaired) electrons. The lowest BCUT2D eigenvalue weighted by Gasteiger charge is -2.45. The van der Waals surface area contributed by atoms with Crippen molar-refractivity contribution < 1.29 is 9.59 Å². The number of hydrogen-bond acceptors (Lipinski definition) is 4. The van der Waals surface area contributed by atoms with Crippen LogP contribution in [0.5, 0.6) is 0 Å². The summed E-state index contributed by atoms with van der Waals surface area (Å²) < 4.78 is 3.24. The Kier molecular flexibility index (Phi) is 9.21. The molecule has 1 atom stereocenters. The van der Waals surface area contributed by atoms with Crippen molar-refractivity contribution in [1.29, 1.82) is 0 Å². The van der Waals surface area contributed by atoms with Crippen LogP contribution in [0.2, 0.25) is 0 Å². The van der Waals surface area contributed by atoms with E-state index in [0.29, 0.717) is 13.1 Å². The van der Waals surface area contributed by atoms with Crippen LogP contribution in [-0.4, -0.2) is 63.9 Å². The Morgan fingerprint density at radius 3 is 2.44 bits per heavy atom. The lowest BCUT2D eigenvalue weighted by atomic mass is 9.91. The normalized spacial score (nSPS) is 20.9. The Hall–Kier alpha value is -1.86. The molecule has 0 bridgehead atoms. The molecule has 4 rings (SSSR count). The Labute approximate surface area is 209 Å². The molecule has 2 aliphatic rings. The number of amides is 2. The summed E-state index contributed by atoms with van der Waals surface area (Å²) >= 11 is 1.76. The maximum Gasteiger partial charge on any atom is 0.271 e. The van der Waals surface area contributed by atoms with E-state index >= 15 is 0 Å². The third kappa shape index (κ3) is 5.20. The van der Waals surface area contributed by atoms with Gasteiger partial charge in [0.25, 0.3) is 5.91 Å². The van der Waals surface area contributed by atoms with E-state index in [2.05, 4.69) is 41.6 Å². The van der Waals surface area contributed by atoms with Crippen molar-refractivity contribution >= 4 is 33.4 Å². The van der Waals surface area contributed by atoms with Crippen molar-refractivity contribution in [2.45, 2.75) is 98.2 Å². The van der Waals surface area contributed by atoms with Gasteiger partial charge in [-0.15, -0.1) is 11.3 Å². The second-order valence-electron chi connectivity index (χ2n) is 9.50. The Bertz CT molecular complexity index is 971. The molecule has 2 amide bonds. The summed E-state index contributed by atoms with van der Waals surface area (Å²) in [6, 6.07) is 4.46. The molecule has 7 heteroatoms. The average molecular weight is 489 g/mol. The number of carbonyl (C=O) groups excluding carboxylic acids is 2. The van der Waals surface area contributed by atoms with Crippen molar-refractivity contribution in [2.75, 3.05) is 26.2 Å².